The first-order valence-electron chi connectivity index (χ1n) is 12.9. The van der Waals surface area contributed by atoms with Crippen LogP contribution in [0.15, 0.2) is 76.4 Å². The maximum absolute atomic E-state index is 13.5. The zero-order valence-electron chi connectivity index (χ0n) is 22.5. The van der Waals surface area contributed by atoms with E-state index in [4.69, 9.17) is 28.9 Å². The van der Waals surface area contributed by atoms with E-state index >= 15 is 0 Å². The van der Waals surface area contributed by atoms with Crippen molar-refractivity contribution in [3.05, 3.63) is 126 Å². The summed E-state index contributed by atoms with van der Waals surface area (Å²) in [5, 5.41) is 11.2. The number of hydrogen-bond acceptors (Lipinski definition) is 4. The first kappa shape index (κ1) is 27.0. The van der Waals surface area contributed by atoms with Crippen LogP contribution in [0.25, 0.3) is 33.5 Å². The number of carbonyl (C=O) groups is 1. The Morgan fingerprint density at radius 1 is 0.951 bits per heavy atom. The van der Waals surface area contributed by atoms with Crippen LogP contribution in [0.5, 0.6) is 0 Å². The Morgan fingerprint density at radius 2 is 1.71 bits per heavy atom. The van der Waals surface area contributed by atoms with Gasteiger partial charge in [0, 0.05) is 28.4 Å². The fourth-order valence-electron chi connectivity index (χ4n) is 5.75. The number of aromatic nitrogens is 2. The number of benzene rings is 3. The van der Waals surface area contributed by atoms with Gasteiger partial charge in [-0.3, -0.25) is 14.0 Å². The van der Waals surface area contributed by atoms with Crippen molar-refractivity contribution in [2.24, 2.45) is 5.73 Å². The zero-order chi connectivity index (χ0) is 29.4. The molecule has 0 saturated heterocycles. The molecule has 1 aliphatic rings. The number of primary amides is 1. The van der Waals surface area contributed by atoms with Crippen LogP contribution < -0.4 is 17.0 Å². The van der Waals surface area contributed by atoms with Gasteiger partial charge < -0.3 is 10.8 Å². The molecule has 0 spiro atoms. The molecule has 2 heterocycles. The molecular weight excluding hydrogens is 561 g/mol. The molecule has 0 saturated carbocycles. The van der Waals surface area contributed by atoms with Crippen LogP contribution in [0.2, 0.25) is 10.0 Å². The Balaban J connectivity index is 1.64. The van der Waals surface area contributed by atoms with E-state index in [9.17, 15) is 19.5 Å². The van der Waals surface area contributed by atoms with E-state index in [2.05, 4.69) is 0 Å². The lowest BCUT2D eigenvalue weighted by Gasteiger charge is -2.20. The van der Waals surface area contributed by atoms with Gasteiger partial charge in [-0.05, 0) is 90.4 Å². The second-order valence-corrected chi connectivity index (χ2v) is 11.6. The van der Waals surface area contributed by atoms with E-state index in [1.165, 1.54) is 10.5 Å². The minimum Gasteiger partial charge on any atom is -0.386 e. The highest BCUT2D eigenvalue weighted by atomic mass is 35.5. The number of halogens is 2. The number of pyridine rings is 1. The van der Waals surface area contributed by atoms with Gasteiger partial charge in [-0.15, -0.1) is 0 Å². The van der Waals surface area contributed by atoms with Gasteiger partial charge in [0.15, 0.2) is 0 Å². The van der Waals surface area contributed by atoms with Crippen molar-refractivity contribution >= 4 is 34.6 Å². The highest BCUT2D eigenvalue weighted by Crippen LogP contribution is 2.49. The van der Waals surface area contributed by atoms with Crippen molar-refractivity contribution in [1.82, 2.24) is 8.97 Å². The van der Waals surface area contributed by atoms with Gasteiger partial charge in [0.2, 0.25) is 5.91 Å². The molecule has 6 rings (SSSR count). The molecular formula is C32H25Cl2N3O4. The molecule has 2 aromatic heterocycles. The number of nitrogens with zero attached hydrogens (tertiary/aromatic N) is 2. The molecule has 3 aromatic carbocycles. The summed E-state index contributed by atoms with van der Waals surface area (Å²) in [6.45, 7) is 5.25. The lowest BCUT2D eigenvalue weighted by Crippen LogP contribution is -2.36. The topological polar surface area (TPSA) is 107 Å². The van der Waals surface area contributed by atoms with Crippen LogP contribution in [0, 0.1) is 6.92 Å². The lowest BCUT2D eigenvalue weighted by atomic mass is 9.88. The molecule has 5 aromatic rings. The third-order valence-corrected chi connectivity index (χ3v) is 8.39. The van der Waals surface area contributed by atoms with Crippen molar-refractivity contribution in [3.8, 4) is 27.9 Å². The quantitative estimate of drug-likeness (QED) is 0.279. The number of rotatable bonds is 4. The second-order valence-electron chi connectivity index (χ2n) is 10.8. The normalized spacial score (nSPS) is 12.4. The lowest BCUT2D eigenvalue weighted by molar-refractivity contribution is 0.0785. The van der Waals surface area contributed by atoms with Gasteiger partial charge in [0.1, 0.15) is 0 Å². The van der Waals surface area contributed by atoms with Gasteiger partial charge in [-0.25, -0.2) is 9.36 Å². The smallest absolute Gasteiger partial charge is 0.340 e. The fourth-order valence-corrected chi connectivity index (χ4v) is 6.28. The Labute approximate surface area is 245 Å². The number of amides is 1. The largest absolute Gasteiger partial charge is 0.386 e. The van der Waals surface area contributed by atoms with Crippen LogP contribution in [0.4, 0.5) is 0 Å². The molecule has 9 heteroatoms. The average Bonchev–Trinajstić information content (AvgIpc) is 3.28. The Hall–Kier alpha value is -4.17. The highest BCUT2D eigenvalue weighted by molar-refractivity contribution is 6.35. The van der Waals surface area contributed by atoms with Crippen LogP contribution in [0.3, 0.4) is 0 Å². The molecule has 1 aliphatic carbocycles. The maximum atomic E-state index is 13.5. The predicted octanol–water partition coefficient (Wildman–Crippen LogP) is 5.63. The number of hydrogen-bond donors (Lipinski definition) is 2. The summed E-state index contributed by atoms with van der Waals surface area (Å²) in [7, 11) is 0. The summed E-state index contributed by atoms with van der Waals surface area (Å²) >= 11 is 13.1. The fraction of sp³-hybridized carbons (Fsp3) is 0.156. The molecule has 41 heavy (non-hydrogen) atoms. The van der Waals surface area contributed by atoms with E-state index in [1.807, 2.05) is 31.2 Å². The predicted molar refractivity (Wildman–Crippen MR) is 161 cm³/mol. The summed E-state index contributed by atoms with van der Waals surface area (Å²) in [5.41, 5.74) is 10.7. The van der Waals surface area contributed by atoms with E-state index in [0.717, 1.165) is 32.4 Å². The number of nitrogens with two attached hydrogens (primary N) is 1. The third kappa shape index (κ3) is 4.20. The van der Waals surface area contributed by atoms with Gasteiger partial charge in [-0.2, -0.15) is 0 Å². The van der Waals surface area contributed by atoms with Gasteiger partial charge >= 0.3 is 5.69 Å². The van der Waals surface area contributed by atoms with Gasteiger partial charge in [0.25, 0.3) is 5.56 Å². The van der Waals surface area contributed by atoms with Crippen molar-refractivity contribution < 1.29 is 9.90 Å². The molecule has 7 nitrogen and oxygen atoms in total. The molecule has 0 atom stereocenters. The molecule has 0 bridgehead atoms. The summed E-state index contributed by atoms with van der Waals surface area (Å²) < 4.78 is 2.44. The van der Waals surface area contributed by atoms with E-state index in [0.29, 0.717) is 49.9 Å². The van der Waals surface area contributed by atoms with Crippen LogP contribution in [0.1, 0.15) is 46.5 Å². The number of aliphatic hydroxyl groups is 1. The molecule has 0 aliphatic heterocycles. The molecule has 0 radical (unpaired) electrons. The molecule has 0 unspecified atom stereocenters. The van der Waals surface area contributed by atoms with Crippen molar-refractivity contribution in [1.29, 1.82) is 0 Å². The van der Waals surface area contributed by atoms with E-state index in [1.54, 1.807) is 50.4 Å². The van der Waals surface area contributed by atoms with Crippen molar-refractivity contribution in [2.45, 2.75) is 32.8 Å². The SMILES string of the molecule is Cc1c(-c2c(Cl)cc(C(N)=O)c3c2-c2ccc(C(C)(C)O)cc2C3)cccc1-n1c(=O)cc2c(Cl)cccn2c1=O. The van der Waals surface area contributed by atoms with Crippen LogP contribution in [-0.2, 0) is 12.0 Å². The number of fused-ring (bicyclic) bond motifs is 4. The minimum atomic E-state index is -1.05. The average molecular weight is 586 g/mol. The van der Waals surface area contributed by atoms with Crippen LogP contribution >= 0.6 is 23.2 Å². The first-order valence-corrected chi connectivity index (χ1v) is 13.7. The molecule has 206 valence electrons. The van der Waals surface area contributed by atoms with Gasteiger partial charge in [-0.1, -0.05) is 53.5 Å². The maximum Gasteiger partial charge on any atom is 0.340 e. The molecule has 3 N–H and O–H groups in total. The van der Waals surface area contributed by atoms with Crippen molar-refractivity contribution in [3.63, 3.8) is 0 Å². The van der Waals surface area contributed by atoms with Crippen LogP contribution in [-0.4, -0.2) is 20.0 Å². The molecule has 0 fully saturated rings. The highest BCUT2D eigenvalue weighted by Gasteiger charge is 2.31. The Bertz CT molecular complexity index is 2070. The standard InChI is InChI=1S/C32H25Cl2N3O4/c1-16-19(6-4-8-25(16)37-27(38)15-26-23(33)7-5-11-36(26)31(37)40)29-24(34)14-22(30(35)39)21-13-17-12-18(32(2,3)41)9-10-20(17)28(21)29/h4-12,14-15,41H,13H2,1-3H3,(H2,35,39). The summed E-state index contributed by atoms with van der Waals surface area (Å²) in [6, 6.07) is 17.2. The Morgan fingerprint density at radius 3 is 2.41 bits per heavy atom. The van der Waals surface area contributed by atoms with Crippen molar-refractivity contribution in [2.75, 3.05) is 0 Å². The molecule has 1 amide bonds. The van der Waals surface area contributed by atoms with E-state index in [-0.39, 0.29) is 0 Å². The first-order chi connectivity index (χ1) is 19.4. The van der Waals surface area contributed by atoms with Gasteiger partial charge in [0.05, 0.1) is 21.8 Å². The number of carbonyl (C=O) groups excluding carboxylic acids is 1. The summed E-state index contributed by atoms with van der Waals surface area (Å²) in [4.78, 5) is 39.3. The minimum absolute atomic E-state index is 0.294. The summed E-state index contributed by atoms with van der Waals surface area (Å²) in [6.07, 6.45) is 1.99. The zero-order valence-corrected chi connectivity index (χ0v) is 24.0. The Kier molecular flexibility index (Phi) is 6.23. The second kappa shape index (κ2) is 9.45. The van der Waals surface area contributed by atoms with E-state index < -0.39 is 22.8 Å². The monoisotopic (exact) mass is 585 g/mol. The third-order valence-electron chi connectivity index (χ3n) is 7.78. The summed E-state index contributed by atoms with van der Waals surface area (Å²) in [5.74, 6) is -0.593.